The molecular formula is C18H16N3O2S+. The third kappa shape index (κ3) is 1.10. The van der Waals surface area contributed by atoms with Gasteiger partial charge in [-0.25, -0.2) is 0 Å². The summed E-state index contributed by atoms with van der Waals surface area (Å²) < 4.78 is 0. The van der Waals surface area contributed by atoms with Crippen LogP contribution in [0.1, 0.15) is 40.5 Å². The molecule has 120 valence electrons. The number of aromatic amines is 1. The lowest BCUT2D eigenvalue weighted by Gasteiger charge is -2.54. The first-order chi connectivity index (χ1) is 11.7. The first-order valence-electron chi connectivity index (χ1n) is 8.72. The number of hydrogen-bond acceptors (Lipinski definition) is 4. The van der Waals surface area contributed by atoms with Crippen LogP contribution in [0, 0.1) is 5.41 Å². The summed E-state index contributed by atoms with van der Waals surface area (Å²) in [5.74, 6) is 0.425. The highest BCUT2D eigenvalue weighted by Gasteiger charge is 2.66. The van der Waals surface area contributed by atoms with Gasteiger partial charge in [0, 0.05) is 40.5 Å². The Morgan fingerprint density at radius 2 is 2.21 bits per heavy atom. The predicted molar refractivity (Wildman–Crippen MR) is 87.5 cm³/mol. The summed E-state index contributed by atoms with van der Waals surface area (Å²) in [7, 11) is 0. The maximum Gasteiger partial charge on any atom is 0.225 e. The van der Waals surface area contributed by atoms with Crippen molar-refractivity contribution in [2.24, 2.45) is 5.41 Å². The zero-order valence-corrected chi connectivity index (χ0v) is 13.8. The average molecular weight is 338 g/mol. The number of thioether (sulfide) groups is 1. The fourth-order valence-electron chi connectivity index (χ4n) is 6.23. The van der Waals surface area contributed by atoms with Crippen LogP contribution in [0.3, 0.4) is 0 Å². The summed E-state index contributed by atoms with van der Waals surface area (Å²) >= 11 is 1.77. The van der Waals surface area contributed by atoms with E-state index in [2.05, 4.69) is 10.3 Å². The largest absolute Gasteiger partial charge is 0.370 e. The quantitative estimate of drug-likeness (QED) is 0.634. The molecule has 5 nitrogen and oxygen atoms in total. The fourth-order valence-corrected chi connectivity index (χ4v) is 7.77. The van der Waals surface area contributed by atoms with Crippen LogP contribution in [0.5, 0.6) is 0 Å². The Balaban J connectivity index is 1.63. The normalized spacial score (nSPS) is 42.9. The highest BCUT2D eigenvalue weighted by atomic mass is 32.2. The summed E-state index contributed by atoms with van der Waals surface area (Å²) in [6.45, 7) is 0.978. The topological polar surface area (TPSA) is 66.4 Å². The van der Waals surface area contributed by atoms with Crippen LogP contribution in [0.2, 0.25) is 0 Å². The average Bonchev–Trinajstić information content (AvgIpc) is 3.11. The van der Waals surface area contributed by atoms with Crippen molar-refractivity contribution >= 4 is 23.3 Å². The molecule has 6 aliphatic rings. The van der Waals surface area contributed by atoms with Gasteiger partial charge in [-0.1, -0.05) is 0 Å². The van der Waals surface area contributed by atoms with E-state index in [1.54, 1.807) is 11.8 Å². The molecule has 2 aliphatic carbocycles. The van der Waals surface area contributed by atoms with Crippen molar-refractivity contribution in [3.63, 3.8) is 0 Å². The molecule has 3 N–H and O–H groups in total. The number of aromatic nitrogens is 1. The number of H-pyrrole nitrogens is 1. The van der Waals surface area contributed by atoms with E-state index in [9.17, 15) is 9.59 Å². The summed E-state index contributed by atoms with van der Waals surface area (Å²) in [5.41, 5.74) is 5.31. The number of carbonyl (C=O) groups excluding carboxylic acids is 2. The van der Waals surface area contributed by atoms with Gasteiger partial charge in [-0.3, -0.25) is 9.59 Å². The van der Waals surface area contributed by atoms with Gasteiger partial charge >= 0.3 is 0 Å². The second-order valence-electron chi connectivity index (χ2n) is 7.93. The molecule has 2 unspecified atom stereocenters. The number of allylic oxidation sites excluding steroid dienone is 2. The van der Waals surface area contributed by atoms with E-state index in [1.807, 2.05) is 12.3 Å². The van der Waals surface area contributed by atoms with E-state index in [0.29, 0.717) is 5.78 Å². The first kappa shape index (κ1) is 12.6. The predicted octanol–water partition coefficient (Wildman–Crippen LogP) is 0.239. The molecule has 2 fully saturated rings. The Hall–Kier alpha value is -1.79. The number of ketones is 2. The smallest absolute Gasteiger partial charge is 0.225 e. The first-order valence-corrected chi connectivity index (χ1v) is 9.60. The molecular weight excluding hydrogens is 322 g/mol. The van der Waals surface area contributed by atoms with E-state index < -0.39 is 0 Å². The molecule has 6 heteroatoms. The number of quaternary nitrogens is 1. The minimum Gasteiger partial charge on any atom is -0.370 e. The molecule has 0 amide bonds. The number of nitrogens with one attached hydrogen (secondary N) is 3. The van der Waals surface area contributed by atoms with Crippen LogP contribution >= 0.6 is 11.8 Å². The number of piperidine rings is 1. The van der Waals surface area contributed by atoms with Crippen LogP contribution in [0.15, 0.2) is 28.4 Å². The van der Waals surface area contributed by atoms with Crippen LogP contribution < -0.4 is 10.2 Å². The van der Waals surface area contributed by atoms with Gasteiger partial charge in [-0.05, 0) is 18.1 Å². The number of hydrogen-bond donors (Lipinski definition) is 3. The van der Waals surface area contributed by atoms with Gasteiger partial charge in [0.25, 0.3) is 0 Å². The Morgan fingerprint density at radius 3 is 3.12 bits per heavy atom. The Labute approximate surface area is 142 Å². The molecule has 2 saturated heterocycles. The Kier molecular flexibility index (Phi) is 1.87. The van der Waals surface area contributed by atoms with Gasteiger partial charge in [0.15, 0.2) is 6.04 Å². The van der Waals surface area contributed by atoms with E-state index in [1.165, 1.54) is 26.5 Å². The molecule has 1 spiro atoms. The maximum atomic E-state index is 13.2. The zero-order chi connectivity index (χ0) is 15.8. The summed E-state index contributed by atoms with van der Waals surface area (Å²) in [5, 5.41) is 3.75. The Bertz CT molecular complexity index is 957. The van der Waals surface area contributed by atoms with Crippen LogP contribution in [0.4, 0.5) is 0 Å². The van der Waals surface area contributed by atoms with Crippen molar-refractivity contribution in [1.82, 2.24) is 10.3 Å². The number of fused-ring (bicyclic) bond motifs is 3. The van der Waals surface area contributed by atoms with Gasteiger partial charge in [0.1, 0.15) is 6.04 Å². The van der Waals surface area contributed by atoms with Gasteiger partial charge in [0.05, 0.1) is 23.3 Å². The number of rotatable bonds is 0. The van der Waals surface area contributed by atoms with Gasteiger partial charge in [0.2, 0.25) is 11.6 Å². The van der Waals surface area contributed by atoms with Gasteiger partial charge in [-0.2, -0.15) is 0 Å². The number of Topliss-reactive ketones (excluding diaryl/α,β-unsaturated/α-hetero) is 1. The van der Waals surface area contributed by atoms with Crippen molar-refractivity contribution in [3.05, 3.63) is 45.3 Å². The second-order valence-corrected chi connectivity index (χ2v) is 9.18. The maximum absolute atomic E-state index is 13.2. The minimum atomic E-state index is -0.0537. The Morgan fingerprint density at radius 1 is 1.29 bits per heavy atom. The molecule has 0 aromatic carbocycles. The molecule has 5 atom stereocenters. The van der Waals surface area contributed by atoms with E-state index in [4.69, 9.17) is 0 Å². The molecule has 3 bridgehead atoms. The summed E-state index contributed by atoms with van der Waals surface area (Å²) in [4.78, 5) is 31.8. The van der Waals surface area contributed by atoms with Crippen molar-refractivity contribution in [1.29, 1.82) is 0 Å². The highest BCUT2D eigenvalue weighted by molar-refractivity contribution is 8.04. The lowest BCUT2D eigenvalue weighted by Crippen LogP contribution is -3.19. The summed E-state index contributed by atoms with van der Waals surface area (Å²) in [6, 6.07) is 0.242. The molecule has 1 aromatic heterocycles. The third-order valence-corrected chi connectivity index (χ3v) is 8.40. The van der Waals surface area contributed by atoms with Crippen molar-refractivity contribution in [2.45, 2.75) is 36.7 Å². The molecule has 7 rings (SSSR count). The van der Waals surface area contributed by atoms with Crippen molar-refractivity contribution in [2.75, 3.05) is 6.54 Å². The highest BCUT2D eigenvalue weighted by Crippen LogP contribution is 2.65. The van der Waals surface area contributed by atoms with Gasteiger partial charge in [-0.15, -0.1) is 11.8 Å². The van der Waals surface area contributed by atoms with E-state index in [-0.39, 0.29) is 28.7 Å². The lowest BCUT2D eigenvalue weighted by molar-refractivity contribution is -0.949. The lowest BCUT2D eigenvalue weighted by atomic mass is 9.58. The summed E-state index contributed by atoms with van der Waals surface area (Å²) in [6.07, 6.45) is 6.80. The van der Waals surface area contributed by atoms with Crippen molar-refractivity contribution < 1.29 is 14.5 Å². The van der Waals surface area contributed by atoms with Gasteiger partial charge < -0.3 is 15.2 Å². The van der Waals surface area contributed by atoms with E-state index in [0.717, 1.165) is 37.2 Å². The van der Waals surface area contributed by atoms with E-state index >= 15 is 0 Å². The zero-order valence-electron chi connectivity index (χ0n) is 12.9. The van der Waals surface area contributed by atoms with Crippen LogP contribution in [-0.2, 0) is 11.2 Å². The SMILES string of the molecule is O=C1C2=C3C4c5c(c[nH]c51)CC[NH+]4[C@H]1C[C@@]34C[C@@H](N2)SC4=CC1=O. The fraction of sp³-hybridized carbons (Fsp3) is 0.444. The third-order valence-electron chi connectivity index (χ3n) is 7.07. The molecule has 0 radical (unpaired) electrons. The monoisotopic (exact) mass is 338 g/mol. The van der Waals surface area contributed by atoms with Crippen LogP contribution in [-0.4, -0.2) is 34.5 Å². The molecule has 4 aliphatic heterocycles. The molecule has 5 heterocycles. The standard InChI is InChI=1S/C18H15N3O2S/c22-9-3-10-18-4-8(9)21-2-1-7-6-19-14-12(7)16(21)13(18)15(17(14)23)20-11(5-18)24-10/h3,6,8,11,16,19-20H,1-2,4-5H2/p+1/t8-,11-,16?,18-/m0/s1. The molecule has 24 heavy (non-hydrogen) atoms. The molecule has 1 aromatic rings. The van der Waals surface area contributed by atoms with Crippen molar-refractivity contribution in [3.8, 4) is 0 Å². The molecule has 0 saturated carbocycles. The number of carbonyl (C=O) groups is 2. The van der Waals surface area contributed by atoms with Crippen LogP contribution in [0.25, 0.3) is 0 Å². The second kappa shape index (κ2) is 3.58. The minimum absolute atomic E-state index is 0.0537.